The first-order chi connectivity index (χ1) is 11.8. The Labute approximate surface area is 144 Å². The molecule has 2 fully saturated rings. The molecule has 0 bridgehead atoms. The number of nitrogens with one attached hydrogen (secondary N) is 1. The fraction of sp³-hybridized carbons (Fsp3) is 0.222. The average molecular weight is 339 g/mol. The second-order valence-electron chi connectivity index (χ2n) is 5.69. The molecule has 2 saturated heterocycles. The molecule has 2 aromatic rings. The van der Waals surface area contributed by atoms with Crippen molar-refractivity contribution in [1.29, 1.82) is 0 Å². The van der Waals surface area contributed by atoms with Crippen molar-refractivity contribution < 1.29 is 9.21 Å². The lowest BCUT2D eigenvalue weighted by molar-refractivity contribution is -0.115. The summed E-state index contributed by atoms with van der Waals surface area (Å²) in [6.07, 6.45) is 4.18. The van der Waals surface area contributed by atoms with Gasteiger partial charge in [-0.3, -0.25) is 4.79 Å². The lowest BCUT2D eigenvalue weighted by Crippen LogP contribution is -2.19. The van der Waals surface area contributed by atoms with Gasteiger partial charge in [0, 0.05) is 25.2 Å². The Morgan fingerprint density at radius 3 is 2.71 bits per heavy atom. The predicted molar refractivity (Wildman–Crippen MR) is 97.4 cm³/mol. The molecule has 6 heteroatoms. The van der Waals surface area contributed by atoms with Crippen LogP contribution in [0.3, 0.4) is 0 Å². The molecule has 0 unspecified atom stereocenters. The van der Waals surface area contributed by atoms with Crippen LogP contribution in [0.25, 0.3) is 6.08 Å². The summed E-state index contributed by atoms with van der Waals surface area (Å²) in [7, 11) is 0. The highest BCUT2D eigenvalue weighted by Gasteiger charge is 2.24. The molecule has 1 aromatic carbocycles. The largest absolute Gasteiger partial charge is 0.441 e. The first-order valence-electron chi connectivity index (χ1n) is 7.97. The van der Waals surface area contributed by atoms with Crippen LogP contribution >= 0.6 is 11.8 Å². The molecular weight excluding hydrogens is 322 g/mol. The lowest BCUT2D eigenvalue weighted by Gasteiger charge is -2.12. The number of nitrogens with zero attached hydrogens (tertiary/aromatic N) is 2. The molecule has 0 saturated carbocycles. The lowest BCUT2D eigenvalue weighted by atomic mass is 10.3. The zero-order chi connectivity index (χ0) is 16.4. The van der Waals surface area contributed by atoms with Gasteiger partial charge in [-0.25, -0.2) is 4.99 Å². The summed E-state index contributed by atoms with van der Waals surface area (Å²) < 4.78 is 5.85. The second kappa shape index (κ2) is 6.57. The molecule has 1 amide bonds. The Morgan fingerprint density at radius 2 is 1.92 bits per heavy atom. The molecule has 0 radical (unpaired) electrons. The van der Waals surface area contributed by atoms with E-state index in [0.717, 1.165) is 24.7 Å². The van der Waals surface area contributed by atoms with Gasteiger partial charge in [0.1, 0.15) is 5.76 Å². The van der Waals surface area contributed by atoms with Crippen molar-refractivity contribution in [3.63, 3.8) is 0 Å². The van der Waals surface area contributed by atoms with Crippen molar-refractivity contribution in [1.82, 2.24) is 5.32 Å². The summed E-state index contributed by atoms with van der Waals surface area (Å²) in [4.78, 5) is 19.4. The van der Waals surface area contributed by atoms with Crippen LogP contribution in [0.5, 0.6) is 0 Å². The van der Waals surface area contributed by atoms with E-state index in [-0.39, 0.29) is 5.91 Å². The fourth-order valence-electron chi connectivity index (χ4n) is 2.76. The van der Waals surface area contributed by atoms with Crippen LogP contribution in [0.2, 0.25) is 0 Å². The van der Waals surface area contributed by atoms with Crippen molar-refractivity contribution in [2.24, 2.45) is 4.99 Å². The van der Waals surface area contributed by atoms with E-state index in [1.165, 1.54) is 24.6 Å². The van der Waals surface area contributed by atoms with E-state index in [1.807, 2.05) is 42.5 Å². The van der Waals surface area contributed by atoms with E-state index >= 15 is 0 Å². The van der Waals surface area contributed by atoms with Gasteiger partial charge in [0.15, 0.2) is 11.1 Å². The Bertz CT molecular complexity index is 805. The summed E-state index contributed by atoms with van der Waals surface area (Å²) in [5.74, 6) is 1.42. The summed E-state index contributed by atoms with van der Waals surface area (Å²) >= 11 is 1.33. The number of amidine groups is 1. The number of carbonyl (C=O) groups excluding carboxylic acids is 1. The van der Waals surface area contributed by atoms with Crippen molar-refractivity contribution in [3.05, 3.63) is 53.1 Å². The molecule has 0 atom stereocenters. The number of para-hydroxylation sites is 1. The first-order valence-corrected chi connectivity index (χ1v) is 8.79. The van der Waals surface area contributed by atoms with Crippen molar-refractivity contribution in [3.8, 4) is 0 Å². The van der Waals surface area contributed by atoms with Gasteiger partial charge in [-0.15, -0.1) is 0 Å². The molecule has 0 aliphatic carbocycles. The molecular formula is C18H17N3O2S. The average Bonchev–Trinajstić information content (AvgIpc) is 3.31. The normalized spacial score (nSPS) is 21.0. The number of rotatable bonds is 3. The summed E-state index contributed by atoms with van der Waals surface area (Å²) in [5, 5.41) is 3.38. The number of carbonyl (C=O) groups is 1. The first kappa shape index (κ1) is 15.1. The van der Waals surface area contributed by atoms with E-state index in [2.05, 4.69) is 15.2 Å². The molecule has 4 rings (SSSR count). The third kappa shape index (κ3) is 3.23. The van der Waals surface area contributed by atoms with Crippen LogP contribution in [0.1, 0.15) is 18.6 Å². The number of anilines is 1. The number of benzene rings is 1. The van der Waals surface area contributed by atoms with Crippen LogP contribution in [-0.4, -0.2) is 24.2 Å². The predicted octanol–water partition coefficient (Wildman–Crippen LogP) is 3.77. The van der Waals surface area contributed by atoms with Gasteiger partial charge in [-0.2, -0.15) is 0 Å². The Balaban J connectivity index is 1.51. The molecule has 1 aromatic heterocycles. The minimum atomic E-state index is -0.145. The van der Waals surface area contributed by atoms with E-state index in [0.29, 0.717) is 15.8 Å². The zero-order valence-electron chi connectivity index (χ0n) is 13.1. The standard InChI is InChI=1S/C18H17N3O2S/c22-17-15(24-18(20-17)19-13-6-2-1-3-7-13)12-14-8-9-16(23-14)21-10-4-5-11-21/h1-3,6-9,12H,4-5,10-11H2,(H,19,20,22). The number of thioether (sulfide) groups is 1. The third-order valence-corrected chi connectivity index (χ3v) is 4.85. The third-order valence-electron chi connectivity index (χ3n) is 3.94. The molecule has 24 heavy (non-hydrogen) atoms. The van der Waals surface area contributed by atoms with Gasteiger partial charge in [0.05, 0.1) is 10.6 Å². The number of hydrogen-bond acceptors (Lipinski definition) is 5. The molecule has 2 aliphatic rings. The van der Waals surface area contributed by atoms with Gasteiger partial charge in [0.25, 0.3) is 5.91 Å². The zero-order valence-corrected chi connectivity index (χ0v) is 13.9. The van der Waals surface area contributed by atoms with Gasteiger partial charge in [0.2, 0.25) is 0 Å². The Kier molecular flexibility index (Phi) is 4.13. The molecule has 1 N–H and O–H groups in total. The minimum absolute atomic E-state index is 0.145. The van der Waals surface area contributed by atoms with Crippen LogP contribution in [0.15, 0.2) is 56.8 Å². The molecule has 0 spiro atoms. The summed E-state index contributed by atoms with van der Waals surface area (Å²) in [6.45, 7) is 2.07. The maximum absolute atomic E-state index is 12.1. The van der Waals surface area contributed by atoms with Crippen molar-refractivity contribution in [2.45, 2.75) is 12.8 Å². The van der Waals surface area contributed by atoms with Crippen LogP contribution in [0, 0.1) is 0 Å². The molecule has 5 nitrogen and oxygen atoms in total. The van der Waals surface area contributed by atoms with Gasteiger partial charge in [-0.1, -0.05) is 18.2 Å². The number of furan rings is 1. The Morgan fingerprint density at radius 1 is 1.12 bits per heavy atom. The smallest absolute Gasteiger partial charge is 0.264 e. The van der Waals surface area contributed by atoms with Gasteiger partial charge >= 0.3 is 0 Å². The topological polar surface area (TPSA) is 57.8 Å². The fourth-order valence-corrected chi connectivity index (χ4v) is 3.58. The highest BCUT2D eigenvalue weighted by Crippen LogP contribution is 2.30. The maximum Gasteiger partial charge on any atom is 0.264 e. The number of aliphatic imine (C=N–C) groups is 1. The molecule has 3 heterocycles. The quantitative estimate of drug-likeness (QED) is 0.865. The monoisotopic (exact) mass is 339 g/mol. The number of amides is 1. The van der Waals surface area contributed by atoms with Gasteiger partial charge in [-0.05, 0) is 42.8 Å². The van der Waals surface area contributed by atoms with E-state index in [9.17, 15) is 4.79 Å². The van der Waals surface area contributed by atoms with Crippen LogP contribution in [-0.2, 0) is 4.79 Å². The highest BCUT2D eigenvalue weighted by atomic mass is 32.2. The molecule has 2 aliphatic heterocycles. The molecule has 122 valence electrons. The Hall–Kier alpha value is -2.47. The van der Waals surface area contributed by atoms with Crippen LogP contribution < -0.4 is 10.2 Å². The van der Waals surface area contributed by atoms with Crippen LogP contribution in [0.4, 0.5) is 11.6 Å². The van der Waals surface area contributed by atoms with E-state index < -0.39 is 0 Å². The highest BCUT2D eigenvalue weighted by molar-refractivity contribution is 8.18. The second-order valence-corrected chi connectivity index (χ2v) is 6.72. The summed E-state index contributed by atoms with van der Waals surface area (Å²) in [6, 6.07) is 13.4. The maximum atomic E-state index is 12.1. The summed E-state index contributed by atoms with van der Waals surface area (Å²) in [5.41, 5.74) is 0.816. The van der Waals surface area contributed by atoms with Gasteiger partial charge < -0.3 is 14.6 Å². The van der Waals surface area contributed by atoms with E-state index in [1.54, 1.807) is 6.08 Å². The van der Waals surface area contributed by atoms with E-state index in [4.69, 9.17) is 4.42 Å². The van der Waals surface area contributed by atoms with Crippen molar-refractivity contribution in [2.75, 3.05) is 18.0 Å². The minimum Gasteiger partial charge on any atom is -0.441 e. The SMILES string of the molecule is O=C1NC(=Nc2ccccc2)SC1=Cc1ccc(N2CCCC2)o1. The number of hydrogen-bond donors (Lipinski definition) is 1. The van der Waals surface area contributed by atoms with Crippen molar-refractivity contribution >= 4 is 40.5 Å².